The van der Waals surface area contributed by atoms with E-state index in [4.69, 9.17) is 23.6 Å². The number of carbonyl (C=O) groups excluding carboxylic acids is 1. The molecule has 3 unspecified atom stereocenters. The van der Waals surface area contributed by atoms with Crippen molar-refractivity contribution in [2.24, 2.45) is 0 Å². The van der Waals surface area contributed by atoms with E-state index in [1.165, 1.54) is 199 Å². The van der Waals surface area contributed by atoms with E-state index in [2.05, 4.69) is 13.8 Å². The number of phosphoric ester groups is 1. The lowest BCUT2D eigenvalue weighted by molar-refractivity contribution is -0.154. The molecule has 0 aliphatic rings. The van der Waals surface area contributed by atoms with Gasteiger partial charge >= 0.3 is 13.8 Å². The van der Waals surface area contributed by atoms with E-state index in [0.717, 1.165) is 32.1 Å². The molecule has 0 amide bonds. The highest BCUT2D eigenvalue weighted by Gasteiger charge is 2.26. The fraction of sp³-hybridized carbons (Fsp3) is 0.979. The highest BCUT2D eigenvalue weighted by molar-refractivity contribution is 7.47. The molecule has 3 N–H and O–H groups in total. The minimum Gasteiger partial charge on any atom is -0.457 e. The maximum Gasteiger partial charge on any atom is 0.472 e. The predicted octanol–water partition coefficient (Wildman–Crippen LogP) is 13.9. The van der Waals surface area contributed by atoms with Gasteiger partial charge in [-0.05, 0) is 12.8 Å². The molecule has 0 saturated carbocycles. The second-order valence-corrected chi connectivity index (χ2v) is 18.3. The van der Waals surface area contributed by atoms with Crippen molar-refractivity contribution in [1.29, 1.82) is 0 Å². The quantitative estimate of drug-likeness (QED) is 0.0311. The maximum atomic E-state index is 12.7. The van der Waals surface area contributed by atoms with Crippen LogP contribution in [0.4, 0.5) is 0 Å². The number of hydrogen-bond acceptors (Lipinski definition) is 8. The molecule has 0 aromatic heterocycles. The van der Waals surface area contributed by atoms with Gasteiger partial charge in [0.1, 0.15) is 12.2 Å². The average molecular weight is 835 g/mol. The minimum atomic E-state index is -4.51. The standard InChI is InChI=1S/C47H95O9P/c1-3-5-7-9-11-13-15-17-19-21-22-23-24-25-27-29-31-33-35-37-39-47(50)56-46(44-55-57(51,52)54-42-45(49)41-48)43-53-40-38-36-34-32-30-28-26-20-18-16-14-12-10-8-6-4-2/h45-46,48-49H,3-44H2,1-2H3,(H,51,52). The first-order valence-electron chi connectivity index (χ1n) is 24.5. The van der Waals surface area contributed by atoms with Gasteiger partial charge in [0.25, 0.3) is 0 Å². The second kappa shape index (κ2) is 45.0. The minimum absolute atomic E-state index is 0.0585. The summed E-state index contributed by atoms with van der Waals surface area (Å²) in [6.07, 6.45) is 44.9. The Bertz CT molecular complexity index is 861. The predicted molar refractivity (Wildman–Crippen MR) is 238 cm³/mol. The fourth-order valence-electron chi connectivity index (χ4n) is 7.30. The van der Waals surface area contributed by atoms with Crippen molar-refractivity contribution in [3.63, 3.8) is 0 Å². The molecule has 3 atom stereocenters. The van der Waals surface area contributed by atoms with Crippen LogP contribution in [0.15, 0.2) is 0 Å². The van der Waals surface area contributed by atoms with E-state index in [1.54, 1.807) is 0 Å². The summed E-state index contributed by atoms with van der Waals surface area (Å²) in [6, 6.07) is 0. The van der Waals surface area contributed by atoms with Gasteiger partial charge in [-0.2, -0.15) is 0 Å². The first-order chi connectivity index (χ1) is 27.8. The number of rotatable bonds is 48. The number of carbonyl (C=O) groups is 1. The van der Waals surface area contributed by atoms with Crippen LogP contribution in [0, 0.1) is 0 Å². The van der Waals surface area contributed by atoms with Crippen molar-refractivity contribution in [2.45, 2.75) is 264 Å². The number of esters is 1. The summed E-state index contributed by atoms with van der Waals surface area (Å²) in [6.45, 7) is 3.60. The van der Waals surface area contributed by atoms with Gasteiger partial charge in [-0.1, -0.05) is 232 Å². The van der Waals surface area contributed by atoms with Gasteiger partial charge in [0, 0.05) is 13.0 Å². The smallest absolute Gasteiger partial charge is 0.457 e. The third-order valence-electron chi connectivity index (χ3n) is 11.0. The molecule has 342 valence electrons. The Morgan fingerprint density at radius 2 is 0.789 bits per heavy atom. The van der Waals surface area contributed by atoms with E-state index < -0.39 is 33.2 Å². The van der Waals surface area contributed by atoms with Gasteiger partial charge in [0.15, 0.2) is 0 Å². The topological polar surface area (TPSA) is 132 Å². The zero-order valence-electron chi connectivity index (χ0n) is 37.6. The summed E-state index contributed by atoms with van der Waals surface area (Å²) < 4.78 is 33.5. The van der Waals surface area contributed by atoms with Crippen LogP contribution < -0.4 is 0 Å². The van der Waals surface area contributed by atoms with Crippen molar-refractivity contribution >= 4 is 13.8 Å². The van der Waals surface area contributed by atoms with Crippen molar-refractivity contribution in [3.05, 3.63) is 0 Å². The van der Waals surface area contributed by atoms with Crippen molar-refractivity contribution < 1.29 is 43.0 Å². The molecule has 0 aromatic rings. The van der Waals surface area contributed by atoms with Crippen LogP contribution in [0.5, 0.6) is 0 Å². The molecule has 0 spiro atoms. The molecule has 0 bridgehead atoms. The number of hydrogen-bond donors (Lipinski definition) is 3. The van der Waals surface area contributed by atoms with Crippen LogP contribution in [0.2, 0.25) is 0 Å². The van der Waals surface area contributed by atoms with Gasteiger partial charge in [-0.25, -0.2) is 4.57 Å². The molecule has 57 heavy (non-hydrogen) atoms. The third-order valence-corrected chi connectivity index (χ3v) is 12.0. The molecule has 0 radical (unpaired) electrons. The first kappa shape index (κ1) is 56.5. The molecule has 0 heterocycles. The first-order valence-corrected chi connectivity index (χ1v) is 26.0. The summed E-state index contributed by atoms with van der Waals surface area (Å²) in [5, 5.41) is 18.4. The van der Waals surface area contributed by atoms with E-state index >= 15 is 0 Å². The van der Waals surface area contributed by atoms with Crippen LogP contribution in [-0.4, -0.2) is 66.3 Å². The zero-order valence-corrected chi connectivity index (χ0v) is 38.5. The van der Waals surface area contributed by atoms with Crippen LogP contribution in [0.25, 0.3) is 0 Å². The molecule has 0 aliphatic carbocycles. The molecule has 0 saturated heterocycles. The Hall–Kier alpha value is -0.540. The second-order valence-electron chi connectivity index (χ2n) is 16.9. The molecule has 0 fully saturated rings. The Labute approximate surface area is 352 Å². The summed E-state index contributed by atoms with van der Waals surface area (Å²) in [4.78, 5) is 22.6. The van der Waals surface area contributed by atoms with E-state index in [-0.39, 0.29) is 25.6 Å². The molecular formula is C47H95O9P. The highest BCUT2D eigenvalue weighted by Crippen LogP contribution is 2.43. The van der Waals surface area contributed by atoms with Gasteiger partial charge < -0.3 is 24.6 Å². The van der Waals surface area contributed by atoms with E-state index in [0.29, 0.717) is 6.61 Å². The van der Waals surface area contributed by atoms with Crippen LogP contribution in [0.3, 0.4) is 0 Å². The lowest BCUT2D eigenvalue weighted by Gasteiger charge is -2.20. The van der Waals surface area contributed by atoms with Gasteiger partial charge in [-0.3, -0.25) is 13.8 Å². The fourth-order valence-corrected chi connectivity index (χ4v) is 8.09. The Morgan fingerprint density at radius 1 is 0.474 bits per heavy atom. The van der Waals surface area contributed by atoms with Crippen LogP contribution in [-0.2, 0) is 27.9 Å². The lowest BCUT2D eigenvalue weighted by atomic mass is 10.0. The summed E-state index contributed by atoms with van der Waals surface area (Å²) in [5.41, 5.74) is 0. The van der Waals surface area contributed by atoms with Gasteiger partial charge in [-0.15, -0.1) is 0 Å². The molecule has 0 aromatic carbocycles. The summed E-state index contributed by atoms with van der Waals surface area (Å²) in [7, 11) is -4.51. The van der Waals surface area contributed by atoms with Crippen LogP contribution >= 0.6 is 7.82 Å². The molecule has 10 heteroatoms. The van der Waals surface area contributed by atoms with Crippen molar-refractivity contribution in [1.82, 2.24) is 0 Å². The van der Waals surface area contributed by atoms with Crippen molar-refractivity contribution in [2.75, 3.05) is 33.0 Å². The molecule has 9 nitrogen and oxygen atoms in total. The molecule has 0 aliphatic heterocycles. The highest BCUT2D eigenvalue weighted by atomic mass is 31.2. The lowest BCUT2D eigenvalue weighted by Crippen LogP contribution is -2.29. The van der Waals surface area contributed by atoms with E-state index in [1.807, 2.05) is 0 Å². The number of aliphatic hydroxyl groups excluding tert-OH is 2. The SMILES string of the molecule is CCCCCCCCCCCCCCCCCCCCCCC(=O)OC(COCCCCCCCCCCCCCCCCCC)COP(=O)(O)OCC(O)CO. The molecule has 0 rings (SSSR count). The van der Waals surface area contributed by atoms with E-state index in [9.17, 15) is 19.4 Å². The monoisotopic (exact) mass is 835 g/mol. The number of aliphatic hydroxyl groups is 2. The van der Waals surface area contributed by atoms with Gasteiger partial charge in [0.2, 0.25) is 0 Å². The maximum absolute atomic E-state index is 12.7. The number of phosphoric acid groups is 1. The Kier molecular flexibility index (Phi) is 44.6. The Morgan fingerprint density at radius 3 is 1.14 bits per heavy atom. The normalized spacial score (nSPS) is 13.8. The zero-order chi connectivity index (χ0) is 41.8. The largest absolute Gasteiger partial charge is 0.472 e. The summed E-state index contributed by atoms with van der Waals surface area (Å²) >= 11 is 0. The van der Waals surface area contributed by atoms with Crippen LogP contribution in [0.1, 0.15) is 251 Å². The number of unbranched alkanes of at least 4 members (excludes halogenated alkanes) is 34. The third kappa shape index (κ3) is 44.8. The number of ether oxygens (including phenoxy) is 2. The Balaban J connectivity index is 4.04. The average Bonchev–Trinajstić information content (AvgIpc) is 3.20. The van der Waals surface area contributed by atoms with Gasteiger partial charge in [0.05, 0.1) is 26.4 Å². The molecular weight excluding hydrogens is 739 g/mol. The van der Waals surface area contributed by atoms with Crippen molar-refractivity contribution in [3.8, 4) is 0 Å². The summed E-state index contributed by atoms with van der Waals surface area (Å²) in [5.74, 6) is -0.374.